The summed E-state index contributed by atoms with van der Waals surface area (Å²) in [5, 5.41) is 3.02. The van der Waals surface area contributed by atoms with Gasteiger partial charge in [-0.15, -0.1) is 0 Å². The maximum atomic E-state index is 12.7. The van der Waals surface area contributed by atoms with Crippen molar-refractivity contribution in [1.29, 1.82) is 0 Å². The van der Waals surface area contributed by atoms with Gasteiger partial charge in [-0.3, -0.25) is 0 Å². The van der Waals surface area contributed by atoms with Crippen LogP contribution in [0.25, 0.3) is 0 Å². The highest BCUT2D eigenvalue weighted by Crippen LogP contribution is 2.36. The predicted molar refractivity (Wildman–Crippen MR) is 75.0 cm³/mol. The van der Waals surface area contributed by atoms with Crippen LogP contribution in [0.4, 0.5) is 18.9 Å². The number of nitrogens with two attached hydrogens (primary N) is 1. The third kappa shape index (κ3) is 4.69. The molecule has 19 heavy (non-hydrogen) atoms. The van der Waals surface area contributed by atoms with Gasteiger partial charge in [-0.2, -0.15) is 13.2 Å². The van der Waals surface area contributed by atoms with Crippen molar-refractivity contribution < 1.29 is 13.2 Å². The zero-order chi connectivity index (χ0) is 14.6. The summed E-state index contributed by atoms with van der Waals surface area (Å²) in [5.41, 5.74) is 5.41. The quantitative estimate of drug-likeness (QED) is 0.847. The fourth-order valence-electron chi connectivity index (χ4n) is 1.69. The van der Waals surface area contributed by atoms with E-state index in [9.17, 15) is 13.2 Å². The molecule has 2 nitrogen and oxygen atoms in total. The molecule has 108 valence electrons. The van der Waals surface area contributed by atoms with Crippen LogP contribution in [0.2, 0.25) is 0 Å². The van der Waals surface area contributed by atoms with E-state index in [0.29, 0.717) is 24.7 Å². The van der Waals surface area contributed by atoms with Crippen molar-refractivity contribution in [2.75, 3.05) is 18.4 Å². The summed E-state index contributed by atoms with van der Waals surface area (Å²) in [6.07, 6.45) is -4.36. The number of alkyl halides is 3. The van der Waals surface area contributed by atoms with Crippen molar-refractivity contribution in [2.24, 2.45) is 17.6 Å². The normalized spacial score (nSPS) is 13.7. The smallest absolute Gasteiger partial charge is 0.385 e. The van der Waals surface area contributed by atoms with Crippen molar-refractivity contribution in [1.82, 2.24) is 0 Å². The molecule has 0 saturated carbocycles. The van der Waals surface area contributed by atoms with Crippen molar-refractivity contribution >= 4 is 21.6 Å². The van der Waals surface area contributed by atoms with Crippen molar-refractivity contribution in [2.45, 2.75) is 20.0 Å². The molecule has 1 unspecified atom stereocenters. The molecule has 6 heteroatoms. The van der Waals surface area contributed by atoms with Crippen molar-refractivity contribution in [3.8, 4) is 0 Å². The molecule has 0 aliphatic rings. The first-order valence-corrected chi connectivity index (χ1v) is 6.85. The summed E-state index contributed by atoms with van der Waals surface area (Å²) in [5.74, 6) is 0.619. The highest BCUT2D eigenvalue weighted by Gasteiger charge is 2.33. The lowest BCUT2D eigenvalue weighted by atomic mass is 9.96. The Morgan fingerprint density at radius 2 is 1.95 bits per heavy atom. The Hall–Kier alpha value is -0.750. The fourth-order valence-corrected chi connectivity index (χ4v) is 2.16. The average molecular weight is 339 g/mol. The molecule has 0 fully saturated rings. The maximum Gasteiger partial charge on any atom is 0.417 e. The van der Waals surface area contributed by atoms with Gasteiger partial charge >= 0.3 is 6.18 Å². The summed E-state index contributed by atoms with van der Waals surface area (Å²) in [6, 6.07) is 4.13. The van der Waals surface area contributed by atoms with Crippen molar-refractivity contribution in [3.05, 3.63) is 28.2 Å². The zero-order valence-corrected chi connectivity index (χ0v) is 12.5. The van der Waals surface area contributed by atoms with Crippen LogP contribution in [0.5, 0.6) is 0 Å². The summed E-state index contributed by atoms with van der Waals surface area (Å²) in [4.78, 5) is 0. The van der Waals surface area contributed by atoms with E-state index in [0.717, 1.165) is 6.07 Å². The van der Waals surface area contributed by atoms with Gasteiger partial charge in [-0.1, -0.05) is 29.8 Å². The zero-order valence-electron chi connectivity index (χ0n) is 10.9. The summed E-state index contributed by atoms with van der Waals surface area (Å²) in [7, 11) is 0. The molecule has 1 aromatic carbocycles. The van der Waals surface area contributed by atoms with Crippen molar-refractivity contribution in [3.63, 3.8) is 0 Å². The first-order chi connectivity index (χ1) is 8.75. The van der Waals surface area contributed by atoms with Crippen LogP contribution in [0.15, 0.2) is 22.7 Å². The van der Waals surface area contributed by atoms with E-state index >= 15 is 0 Å². The van der Waals surface area contributed by atoms with E-state index in [1.807, 2.05) is 13.8 Å². The predicted octanol–water partition coefficient (Wildman–Crippen LogP) is 4.11. The van der Waals surface area contributed by atoms with Gasteiger partial charge in [-0.25, -0.2) is 0 Å². The highest BCUT2D eigenvalue weighted by atomic mass is 79.9. The number of anilines is 1. The van der Waals surface area contributed by atoms with E-state index in [4.69, 9.17) is 5.73 Å². The van der Waals surface area contributed by atoms with E-state index < -0.39 is 11.7 Å². The third-order valence-electron chi connectivity index (χ3n) is 3.09. The van der Waals surface area contributed by atoms with Gasteiger partial charge in [0.2, 0.25) is 0 Å². The van der Waals surface area contributed by atoms with E-state index in [1.165, 1.54) is 6.07 Å². The second-order valence-corrected chi connectivity index (χ2v) is 5.67. The highest BCUT2D eigenvalue weighted by molar-refractivity contribution is 9.10. The number of nitrogens with one attached hydrogen (secondary N) is 1. The minimum Gasteiger partial charge on any atom is -0.385 e. The molecule has 1 aromatic rings. The standard InChI is InChI=1S/C13H18BrF3N2/c1-8(2)9(6-18)7-19-10-3-4-12(14)11(5-10)13(15,16)17/h3-5,8-9,19H,6-7,18H2,1-2H3. The fraction of sp³-hybridized carbons (Fsp3) is 0.538. The number of hydrogen-bond acceptors (Lipinski definition) is 2. The molecule has 0 saturated heterocycles. The molecule has 3 N–H and O–H groups in total. The van der Waals surface area contributed by atoms with Gasteiger partial charge in [-0.05, 0) is 36.6 Å². The lowest BCUT2D eigenvalue weighted by Gasteiger charge is -2.20. The topological polar surface area (TPSA) is 38.0 Å². The number of rotatable bonds is 5. The molecule has 0 bridgehead atoms. The summed E-state index contributed by atoms with van der Waals surface area (Å²) in [6.45, 7) is 5.16. The summed E-state index contributed by atoms with van der Waals surface area (Å²) < 4.78 is 38.3. The van der Waals surface area contributed by atoms with Crippen LogP contribution < -0.4 is 11.1 Å². The Balaban J connectivity index is 2.81. The van der Waals surface area contributed by atoms with E-state index in [2.05, 4.69) is 21.2 Å². The molecular weight excluding hydrogens is 321 g/mol. The molecule has 0 spiro atoms. The SMILES string of the molecule is CC(C)C(CN)CNc1ccc(Br)c(C(F)(F)F)c1. The van der Waals surface area contributed by atoms with Crippen LogP contribution in [0, 0.1) is 11.8 Å². The molecule has 0 radical (unpaired) electrons. The van der Waals surface area contributed by atoms with Crippen LogP contribution in [-0.4, -0.2) is 13.1 Å². The Morgan fingerprint density at radius 3 is 2.42 bits per heavy atom. The first-order valence-electron chi connectivity index (χ1n) is 6.06. The second kappa shape index (κ2) is 6.61. The number of hydrogen-bond donors (Lipinski definition) is 2. The third-order valence-corrected chi connectivity index (χ3v) is 3.78. The second-order valence-electron chi connectivity index (χ2n) is 4.81. The molecule has 0 heterocycles. The lowest BCUT2D eigenvalue weighted by molar-refractivity contribution is -0.138. The van der Waals surface area contributed by atoms with Crippen LogP contribution in [0.1, 0.15) is 19.4 Å². The molecule has 0 amide bonds. The molecule has 0 aromatic heterocycles. The van der Waals surface area contributed by atoms with Gasteiger partial charge in [0.15, 0.2) is 0 Å². The largest absolute Gasteiger partial charge is 0.417 e. The first kappa shape index (κ1) is 16.3. The maximum absolute atomic E-state index is 12.7. The Bertz CT molecular complexity index is 419. The number of halogens is 4. The van der Waals surface area contributed by atoms with Gasteiger partial charge < -0.3 is 11.1 Å². The minimum absolute atomic E-state index is 0.0461. The minimum atomic E-state index is -4.36. The van der Waals surface area contributed by atoms with E-state index in [-0.39, 0.29) is 10.4 Å². The van der Waals surface area contributed by atoms with Crippen LogP contribution in [-0.2, 0) is 6.18 Å². The average Bonchev–Trinajstić information content (AvgIpc) is 2.30. The molecule has 1 atom stereocenters. The van der Waals surface area contributed by atoms with Gasteiger partial charge in [0.25, 0.3) is 0 Å². The van der Waals surface area contributed by atoms with Crippen LogP contribution in [0.3, 0.4) is 0 Å². The van der Waals surface area contributed by atoms with Crippen LogP contribution >= 0.6 is 15.9 Å². The molecule has 1 rings (SSSR count). The Morgan fingerprint density at radius 1 is 1.32 bits per heavy atom. The summed E-state index contributed by atoms with van der Waals surface area (Å²) >= 11 is 2.92. The van der Waals surface area contributed by atoms with Gasteiger partial charge in [0.1, 0.15) is 0 Å². The monoisotopic (exact) mass is 338 g/mol. The molecule has 0 aliphatic heterocycles. The lowest BCUT2D eigenvalue weighted by Crippen LogP contribution is -2.27. The van der Waals surface area contributed by atoms with Gasteiger partial charge in [0.05, 0.1) is 5.56 Å². The number of benzene rings is 1. The Kier molecular flexibility index (Phi) is 5.67. The van der Waals surface area contributed by atoms with E-state index in [1.54, 1.807) is 6.07 Å². The Labute approximate surface area is 119 Å². The molecular formula is C13H18BrF3N2. The molecule has 0 aliphatic carbocycles. The van der Waals surface area contributed by atoms with Gasteiger partial charge in [0, 0.05) is 16.7 Å².